The molecule has 148 valence electrons. The molecule has 1 aromatic rings. The van der Waals surface area contributed by atoms with Crippen molar-refractivity contribution in [3.63, 3.8) is 0 Å². The summed E-state index contributed by atoms with van der Waals surface area (Å²) in [4.78, 5) is 11.5. The van der Waals surface area contributed by atoms with Gasteiger partial charge >= 0.3 is 12.7 Å². The van der Waals surface area contributed by atoms with Crippen molar-refractivity contribution in [2.45, 2.75) is 58.7 Å². The third-order valence-corrected chi connectivity index (χ3v) is 3.35. The Balaban J connectivity index is 2.18. The molecule has 0 radical (unpaired) electrons. The number of benzene rings is 1. The van der Waals surface area contributed by atoms with Crippen molar-refractivity contribution in [3.05, 3.63) is 23.2 Å². The lowest BCUT2D eigenvalue weighted by Gasteiger charge is -2.19. The Morgan fingerprint density at radius 3 is 2.50 bits per heavy atom. The Labute approximate surface area is 157 Å². The highest BCUT2D eigenvalue weighted by molar-refractivity contribution is 6.30. The van der Waals surface area contributed by atoms with Gasteiger partial charge in [-0.15, -0.1) is 0 Å². The summed E-state index contributed by atoms with van der Waals surface area (Å²) in [5.74, 6) is 0.162. The summed E-state index contributed by atoms with van der Waals surface area (Å²) in [6, 6.07) is 4.26. The molecule has 1 N–H and O–H groups in total. The molecule has 0 aliphatic heterocycles. The Kier molecular flexibility index (Phi) is 9.48. The monoisotopic (exact) mass is 393 g/mol. The number of amides is 1. The van der Waals surface area contributed by atoms with E-state index in [0.717, 1.165) is 25.7 Å². The van der Waals surface area contributed by atoms with Crippen molar-refractivity contribution in [2.75, 3.05) is 13.2 Å². The summed E-state index contributed by atoms with van der Waals surface area (Å²) in [5.41, 5.74) is -0.505. The Hall–Kier alpha value is -1.76. The van der Waals surface area contributed by atoms with Crippen LogP contribution in [0.1, 0.15) is 46.5 Å². The van der Waals surface area contributed by atoms with Crippen LogP contribution < -0.4 is 14.8 Å². The number of halogens is 3. The molecule has 26 heavy (non-hydrogen) atoms. The van der Waals surface area contributed by atoms with E-state index in [1.54, 1.807) is 0 Å². The average Bonchev–Trinajstić information content (AvgIpc) is 2.50. The van der Waals surface area contributed by atoms with E-state index in [9.17, 15) is 13.6 Å². The summed E-state index contributed by atoms with van der Waals surface area (Å²) in [5, 5.41) is 3.08. The zero-order valence-corrected chi connectivity index (χ0v) is 16.1. The van der Waals surface area contributed by atoms with E-state index < -0.39 is 18.3 Å². The van der Waals surface area contributed by atoms with Gasteiger partial charge in [0.15, 0.2) is 11.5 Å². The van der Waals surface area contributed by atoms with Crippen LogP contribution in [0.3, 0.4) is 0 Å². The fraction of sp³-hybridized carbons (Fsp3) is 0.611. The quantitative estimate of drug-likeness (QED) is 0.540. The number of alkyl halides is 2. The standard InChI is InChI=1S/C18H26ClF2NO4/c1-18(2,3)26-17(23)22-10-6-4-5-7-11-24-15-12-13(19)8-9-14(15)25-16(20)21/h8-9,12,16H,4-7,10-11H2,1-3H3,(H,22,23). The maximum atomic E-state index is 12.4. The van der Waals surface area contributed by atoms with Gasteiger partial charge in [0.1, 0.15) is 5.60 Å². The zero-order valence-electron chi connectivity index (χ0n) is 15.3. The summed E-state index contributed by atoms with van der Waals surface area (Å²) in [7, 11) is 0. The van der Waals surface area contributed by atoms with E-state index in [2.05, 4.69) is 10.1 Å². The molecule has 0 aliphatic carbocycles. The Bertz CT molecular complexity index is 565. The van der Waals surface area contributed by atoms with E-state index in [-0.39, 0.29) is 11.5 Å². The van der Waals surface area contributed by atoms with Gasteiger partial charge in [-0.1, -0.05) is 24.4 Å². The van der Waals surface area contributed by atoms with Crippen molar-refractivity contribution in [3.8, 4) is 11.5 Å². The van der Waals surface area contributed by atoms with Gasteiger partial charge in [-0.3, -0.25) is 0 Å². The number of hydrogen-bond donors (Lipinski definition) is 1. The second-order valence-electron chi connectivity index (χ2n) is 6.66. The first-order chi connectivity index (χ1) is 12.2. The van der Waals surface area contributed by atoms with Crippen LogP contribution in [0.5, 0.6) is 11.5 Å². The van der Waals surface area contributed by atoms with Gasteiger partial charge in [0, 0.05) is 17.6 Å². The molecule has 0 fully saturated rings. The highest BCUT2D eigenvalue weighted by atomic mass is 35.5. The van der Waals surface area contributed by atoms with Gasteiger partial charge in [-0.05, 0) is 45.7 Å². The lowest BCUT2D eigenvalue weighted by atomic mass is 10.2. The maximum Gasteiger partial charge on any atom is 0.407 e. The number of unbranched alkanes of at least 4 members (excludes halogenated alkanes) is 3. The number of nitrogens with one attached hydrogen (secondary N) is 1. The van der Waals surface area contributed by atoms with Crippen LogP contribution in [-0.4, -0.2) is 31.5 Å². The number of carbonyl (C=O) groups excluding carboxylic acids is 1. The largest absolute Gasteiger partial charge is 0.490 e. The first-order valence-electron chi connectivity index (χ1n) is 8.51. The second-order valence-corrected chi connectivity index (χ2v) is 7.10. The molecule has 0 aliphatic rings. The van der Waals surface area contributed by atoms with Crippen LogP contribution in [-0.2, 0) is 4.74 Å². The van der Waals surface area contributed by atoms with Crippen LogP contribution in [0, 0.1) is 0 Å². The number of carbonyl (C=O) groups is 1. The fourth-order valence-electron chi connectivity index (χ4n) is 2.06. The Morgan fingerprint density at radius 1 is 1.15 bits per heavy atom. The van der Waals surface area contributed by atoms with Gasteiger partial charge in [0.25, 0.3) is 0 Å². The van der Waals surface area contributed by atoms with E-state index in [1.807, 2.05) is 20.8 Å². The van der Waals surface area contributed by atoms with E-state index in [0.29, 0.717) is 18.2 Å². The third kappa shape index (κ3) is 10.3. The van der Waals surface area contributed by atoms with E-state index in [4.69, 9.17) is 21.1 Å². The van der Waals surface area contributed by atoms with Crippen LogP contribution in [0.15, 0.2) is 18.2 Å². The fourth-order valence-corrected chi connectivity index (χ4v) is 2.22. The molecule has 1 rings (SSSR count). The molecule has 1 aromatic carbocycles. The molecule has 0 aromatic heterocycles. The van der Waals surface area contributed by atoms with Crippen LogP contribution in [0.2, 0.25) is 5.02 Å². The van der Waals surface area contributed by atoms with Crippen molar-refractivity contribution in [2.24, 2.45) is 0 Å². The molecule has 0 unspecified atom stereocenters. The van der Waals surface area contributed by atoms with Crippen molar-refractivity contribution >= 4 is 17.7 Å². The van der Waals surface area contributed by atoms with E-state index >= 15 is 0 Å². The summed E-state index contributed by atoms with van der Waals surface area (Å²) < 4.78 is 39.7. The van der Waals surface area contributed by atoms with Crippen LogP contribution >= 0.6 is 11.6 Å². The van der Waals surface area contributed by atoms with Crippen LogP contribution in [0.25, 0.3) is 0 Å². The average molecular weight is 394 g/mol. The lowest BCUT2D eigenvalue weighted by molar-refractivity contribution is -0.0515. The smallest absolute Gasteiger partial charge is 0.407 e. The molecular weight excluding hydrogens is 368 g/mol. The summed E-state index contributed by atoms with van der Waals surface area (Å²) in [6.07, 6.45) is 2.91. The molecule has 0 saturated carbocycles. The molecule has 0 bridgehead atoms. The Morgan fingerprint density at radius 2 is 1.85 bits per heavy atom. The summed E-state index contributed by atoms with van der Waals surface area (Å²) >= 11 is 5.85. The maximum absolute atomic E-state index is 12.4. The van der Waals surface area contributed by atoms with Crippen molar-refractivity contribution in [1.82, 2.24) is 5.32 Å². The molecule has 8 heteroatoms. The van der Waals surface area contributed by atoms with Gasteiger partial charge in [0.05, 0.1) is 6.61 Å². The zero-order chi connectivity index (χ0) is 19.6. The van der Waals surface area contributed by atoms with Gasteiger partial charge in [-0.2, -0.15) is 8.78 Å². The minimum absolute atomic E-state index is 0.0361. The molecule has 1 amide bonds. The highest BCUT2D eigenvalue weighted by Crippen LogP contribution is 2.31. The lowest BCUT2D eigenvalue weighted by Crippen LogP contribution is -2.32. The first-order valence-corrected chi connectivity index (χ1v) is 8.89. The topological polar surface area (TPSA) is 56.8 Å². The van der Waals surface area contributed by atoms with Crippen LogP contribution in [0.4, 0.5) is 13.6 Å². The van der Waals surface area contributed by atoms with E-state index in [1.165, 1.54) is 18.2 Å². The molecule has 0 heterocycles. The number of ether oxygens (including phenoxy) is 3. The van der Waals surface area contributed by atoms with Gasteiger partial charge < -0.3 is 19.5 Å². The molecule has 0 spiro atoms. The molecule has 5 nitrogen and oxygen atoms in total. The SMILES string of the molecule is CC(C)(C)OC(=O)NCCCCCCOc1cc(Cl)ccc1OC(F)F. The van der Waals surface area contributed by atoms with Crippen molar-refractivity contribution in [1.29, 1.82) is 0 Å². The number of hydrogen-bond acceptors (Lipinski definition) is 4. The summed E-state index contributed by atoms with van der Waals surface area (Å²) in [6.45, 7) is 3.41. The molecular formula is C18H26ClF2NO4. The molecule has 0 atom stereocenters. The minimum Gasteiger partial charge on any atom is -0.490 e. The van der Waals surface area contributed by atoms with Gasteiger partial charge in [-0.25, -0.2) is 4.79 Å². The minimum atomic E-state index is -2.92. The normalized spacial score (nSPS) is 11.3. The first kappa shape index (κ1) is 22.3. The third-order valence-electron chi connectivity index (χ3n) is 3.12. The number of rotatable bonds is 10. The van der Waals surface area contributed by atoms with Crippen molar-refractivity contribution < 1.29 is 27.8 Å². The highest BCUT2D eigenvalue weighted by Gasteiger charge is 2.15. The predicted octanol–water partition coefficient (Wildman–Crippen LogP) is 5.41. The second kappa shape index (κ2) is 11.1. The predicted molar refractivity (Wildman–Crippen MR) is 96.3 cm³/mol. The number of alkyl carbamates (subject to hydrolysis) is 1. The molecule has 0 saturated heterocycles. The van der Waals surface area contributed by atoms with Gasteiger partial charge in [0.2, 0.25) is 0 Å².